The van der Waals surface area contributed by atoms with Crippen molar-refractivity contribution in [2.24, 2.45) is 0 Å². The fraction of sp³-hybridized carbons (Fsp3) is 0.600. The number of piperidine rings is 1. The molecule has 34 heavy (non-hydrogen) atoms. The average molecular weight is 492 g/mol. The van der Waals surface area contributed by atoms with Crippen molar-refractivity contribution in [3.05, 3.63) is 29.3 Å². The van der Waals surface area contributed by atoms with E-state index in [1.54, 1.807) is 18.2 Å². The quantitative estimate of drug-likeness (QED) is 0.231. The highest BCUT2D eigenvalue weighted by Gasteiger charge is 2.37. The van der Waals surface area contributed by atoms with Crippen LogP contribution in [0, 0.1) is 12.3 Å². The molecule has 1 heterocycles. The summed E-state index contributed by atoms with van der Waals surface area (Å²) in [4.78, 5) is 25.5. The van der Waals surface area contributed by atoms with Gasteiger partial charge in [0, 0.05) is 12.1 Å². The first-order valence-electron chi connectivity index (χ1n) is 11.4. The lowest BCUT2D eigenvalue weighted by Gasteiger charge is -2.38. The van der Waals surface area contributed by atoms with Gasteiger partial charge < -0.3 is 28.6 Å². The summed E-state index contributed by atoms with van der Waals surface area (Å²) in [6.07, 6.45) is 5.11. The normalized spacial score (nSPS) is 18.8. The van der Waals surface area contributed by atoms with E-state index in [0.29, 0.717) is 42.9 Å². The minimum absolute atomic E-state index is 0.0699. The molecule has 1 saturated heterocycles. The van der Waals surface area contributed by atoms with Crippen LogP contribution in [0.2, 0.25) is 18.1 Å². The Morgan fingerprint density at radius 1 is 1.26 bits per heavy atom. The first-order valence-corrected chi connectivity index (χ1v) is 14.4. The van der Waals surface area contributed by atoms with Crippen LogP contribution in [0.3, 0.4) is 0 Å². The van der Waals surface area contributed by atoms with Crippen molar-refractivity contribution in [2.75, 3.05) is 33.5 Å². The van der Waals surface area contributed by atoms with Crippen LogP contribution in [0.15, 0.2) is 18.2 Å². The molecule has 188 valence electrons. The smallest absolute Gasteiger partial charge is 0.407 e. The number of terminal acetylenes is 1. The minimum atomic E-state index is -1.94. The highest BCUT2D eigenvalue weighted by molar-refractivity contribution is 6.74. The molecule has 1 aliphatic rings. The van der Waals surface area contributed by atoms with Crippen LogP contribution in [-0.4, -0.2) is 70.0 Å². The third-order valence-electron chi connectivity index (χ3n) is 6.61. The maximum atomic E-state index is 12.1. The molecule has 0 aliphatic carbocycles. The first-order chi connectivity index (χ1) is 15.9. The zero-order valence-electron chi connectivity index (χ0n) is 21.1. The van der Waals surface area contributed by atoms with Crippen LogP contribution in [-0.2, 0) is 13.9 Å². The highest BCUT2D eigenvalue weighted by Crippen LogP contribution is 2.39. The lowest BCUT2D eigenvalue weighted by molar-refractivity contribution is 0.00148. The minimum Gasteiger partial charge on any atom is -0.491 e. The molecular formula is C25H37NO7Si. The number of benzene rings is 1. The second-order valence-electron chi connectivity index (χ2n) is 9.85. The Morgan fingerprint density at radius 2 is 1.97 bits per heavy atom. The van der Waals surface area contributed by atoms with Gasteiger partial charge in [0.15, 0.2) is 8.32 Å². The highest BCUT2D eigenvalue weighted by atomic mass is 28.4. The predicted octanol–water partition coefficient (Wildman–Crippen LogP) is 4.71. The number of esters is 1. The predicted molar refractivity (Wildman–Crippen MR) is 132 cm³/mol. The van der Waals surface area contributed by atoms with E-state index >= 15 is 0 Å². The Kier molecular flexibility index (Phi) is 9.56. The van der Waals surface area contributed by atoms with Gasteiger partial charge in [-0.15, -0.1) is 6.42 Å². The van der Waals surface area contributed by atoms with Gasteiger partial charge in [-0.2, -0.15) is 0 Å². The van der Waals surface area contributed by atoms with Crippen molar-refractivity contribution in [2.45, 2.75) is 63.9 Å². The molecule has 2 atom stereocenters. The summed E-state index contributed by atoms with van der Waals surface area (Å²) in [7, 11) is -0.634. The fourth-order valence-electron chi connectivity index (χ4n) is 3.62. The van der Waals surface area contributed by atoms with Crippen molar-refractivity contribution in [3.8, 4) is 18.1 Å². The topological polar surface area (TPSA) is 94.5 Å². The second kappa shape index (κ2) is 11.7. The number of ether oxygens (including phenoxy) is 3. The van der Waals surface area contributed by atoms with Gasteiger partial charge in [-0.05, 0) is 43.1 Å². The summed E-state index contributed by atoms with van der Waals surface area (Å²) in [6.45, 7) is 12.0. The van der Waals surface area contributed by atoms with Crippen molar-refractivity contribution in [1.82, 2.24) is 4.90 Å². The van der Waals surface area contributed by atoms with Crippen molar-refractivity contribution in [3.63, 3.8) is 0 Å². The Balaban J connectivity index is 2.29. The van der Waals surface area contributed by atoms with Gasteiger partial charge in [-0.25, -0.2) is 9.59 Å². The molecule has 0 radical (unpaired) electrons. The number of hydrogen-bond acceptors (Lipinski definition) is 6. The number of methoxy groups -OCH3 is 1. The number of hydrogen-bond donors (Lipinski definition) is 1. The van der Waals surface area contributed by atoms with Crippen molar-refractivity contribution < 1.29 is 33.3 Å². The summed E-state index contributed by atoms with van der Waals surface area (Å²) >= 11 is 0. The fourth-order valence-corrected chi connectivity index (χ4v) is 4.65. The number of rotatable bonds is 9. The third kappa shape index (κ3) is 6.98. The van der Waals surface area contributed by atoms with Gasteiger partial charge in [-0.3, -0.25) is 0 Å². The molecule has 0 spiro atoms. The maximum absolute atomic E-state index is 12.1. The first kappa shape index (κ1) is 27.7. The second-order valence-corrected chi connectivity index (χ2v) is 14.7. The van der Waals surface area contributed by atoms with Crippen LogP contribution in [0.4, 0.5) is 4.79 Å². The van der Waals surface area contributed by atoms with Gasteiger partial charge in [0.05, 0.1) is 31.4 Å². The molecule has 2 unspecified atom stereocenters. The lowest BCUT2D eigenvalue weighted by Crippen LogP contribution is -2.43. The number of carbonyl (C=O) groups excluding carboxylic acids is 1. The van der Waals surface area contributed by atoms with E-state index in [-0.39, 0.29) is 24.4 Å². The molecule has 9 heteroatoms. The zero-order valence-corrected chi connectivity index (χ0v) is 22.1. The molecule has 1 aliphatic heterocycles. The number of likely N-dealkylation sites (tertiary alicyclic amines) is 1. The van der Waals surface area contributed by atoms with E-state index in [0.717, 1.165) is 0 Å². The Labute approximate surface area is 203 Å². The van der Waals surface area contributed by atoms with Crippen LogP contribution in [0.5, 0.6) is 5.75 Å². The molecule has 2 rings (SSSR count). The van der Waals surface area contributed by atoms with E-state index in [9.17, 15) is 14.7 Å². The van der Waals surface area contributed by atoms with Crippen molar-refractivity contribution >= 4 is 20.4 Å². The Hall–Kier alpha value is -2.54. The summed E-state index contributed by atoms with van der Waals surface area (Å²) < 4.78 is 22.8. The van der Waals surface area contributed by atoms with Gasteiger partial charge in [0.25, 0.3) is 0 Å². The van der Waals surface area contributed by atoms with E-state index in [1.165, 1.54) is 12.0 Å². The maximum Gasteiger partial charge on any atom is 0.407 e. The zero-order chi connectivity index (χ0) is 25.5. The monoisotopic (exact) mass is 491 g/mol. The average Bonchev–Trinajstić information content (AvgIpc) is 2.78. The third-order valence-corrected chi connectivity index (χ3v) is 11.1. The van der Waals surface area contributed by atoms with Crippen LogP contribution in [0.25, 0.3) is 0 Å². The standard InChI is InChI=1S/C25H37NO7Si/c1-8-13-31-19-11-12-26(24(28)29)21(17-19)20-10-9-18(23(27)30-5)16-22(20)32-14-15-33-34(6,7)25(2,3)4/h1,9-10,16,19,21H,11-15,17H2,2-7H3,(H,28,29). The van der Waals surface area contributed by atoms with Crippen LogP contribution in [0.1, 0.15) is 55.6 Å². The van der Waals surface area contributed by atoms with E-state index < -0.39 is 26.4 Å². The van der Waals surface area contributed by atoms with Gasteiger partial charge >= 0.3 is 12.1 Å². The molecular weight excluding hydrogens is 454 g/mol. The number of carbonyl (C=O) groups is 2. The largest absolute Gasteiger partial charge is 0.491 e. The van der Waals surface area contributed by atoms with E-state index in [1.807, 2.05) is 0 Å². The summed E-state index contributed by atoms with van der Waals surface area (Å²) in [5, 5.41) is 9.88. The molecule has 0 aromatic heterocycles. The summed E-state index contributed by atoms with van der Waals surface area (Å²) in [5.41, 5.74) is 0.987. The molecule has 8 nitrogen and oxygen atoms in total. The Bertz CT molecular complexity index is 904. The number of amides is 1. The lowest BCUT2D eigenvalue weighted by atomic mass is 9.92. The molecule has 1 N–H and O–H groups in total. The molecule has 0 bridgehead atoms. The Morgan fingerprint density at radius 3 is 2.56 bits per heavy atom. The molecule has 0 saturated carbocycles. The molecule has 1 aromatic rings. The summed E-state index contributed by atoms with van der Waals surface area (Å²) in [6, 6.07) is 4.43. The SMILES string of the molecule is C#CCOC1CCN(C(=O)O)C(c2ccc(C(=O)OC)cc2OCCO[Si](C)(C)C(C)(C)C)C1. The molecule has 1 fully saturated rings. The van der Waals surface area contributed by atoms with Gasteiger partial charge in [-0.1, -0.05) is 32.8 Å². The van der Waals surface area contributed by atoms with Crippen molar-refractivity contribution in [1.29, 1.82) is 0 Å². The number of nitrogens with zero attached hydrogens (tertiary/aromatic N) is 1. The van der Waals surface area contributed by atoms with E-state index in [4.69, 9.17) is 25.1 Å². The van der Waals surface area contributed by atoms with Gasteiger partial charge in [0.2, 0.25) is 0 Å². The molecule has 1 amide bonds. The van der Waals surface area contributed by atoms with E-state index in [2.05, 4.69) is 39.8 Å². The number of carboxylic acid groups (broad SMARTS) is 1. The van der Waals surface area contributed by atoms with Crippen LogP contribution < -0.4 is 4.74 Å². The molecule has 1 aromatic carbocycles. The van der Waals surface area contributed by atoms with Crippen LogP contribution >= 0.6 is 0 Å². The summed E-state index contributed by atoms with van der Waals surface area (Å²) in [5.74, 6) is 2.39. The van der Waals surface area contributed by atoms with Gasteiger partial charge in [0.1, 0.15) is 19.0 Å².